The molecule has 0 saturated heterocycles. The fraction of sp³-hybridized carbons (Fsp3) is 0.923. The normalized spacial score (nSPS) is 18.2. The SMILES string of the molecule is CCNC(CSCCC(=O)OC)C1CCCC1. The van der Waals surface area contributed by atoms with Crippen molar-refractivity contribution in [2.24, 2.45) is 5.92 Å². The molecule has 3 nitrogen and oxygen atoms in total. The summed E-state index contributed by atoms with van der Waals surface area (Å²) in [4.78, 5) is 11.0. The lowest BCUT2D eigenvalue weighted by molar-refractivity contribution is -0.140. The Labute approximate surface area is 109 Å². The minimum absolute atomic E-state index is 0.0987. The van der Waals surface area contributed by atoms with Crippen LogP contribution in [0.2, 0.25) is 0 Å². The van der Waals surface area contributed by atoms with Gasteiger partial charge >= 0.3 is 5.97 Å². The predicted molar refractivity (Wildman–Crippen MR) is 73.4 cm³/mol. The first-order valence-electron chi connectivity index (χ1n) is 6.65. The molecule has 0 aromatic heterocycles. The number of hydrogen-bond acceptors (Lipinski definition) is 4. The molecule has 4 heteroatoms. The van der Waals surface area contributed by atoms with Crippen molar-refractivity contribution in [3.63, 3.8) is 0 Å². The second-order valence-electron chi connectivity index (χ2n) is 4.61. The van der Waals surface area contributed by atoms with E-state index in [2.05, 4.69) is 17.0 Å². The van der Waals surface area contributed by atoms with E-state index in [1.165, 1.54) is 32.8 Å². The first-order chi connectivity index (χ1) is 8.27. The highest BCUT2D eigenvalue weighted by atomic mass is 32.2. The molecule has 1 saturated carbocycles. The van der Waals surface area contributed by atoms with Crippen molar-refractivity contribution < 1.29 is 9.53 Å². The number of carbonyl (C=O) groups excluding carboxylic acids is 1. The summed E-state index contributed by atoms with van der Waals surface area (Å²) in [6.07, 6.45) is 6.05. The van der Waals surface area contributed by atoms with Crippen LogP contribution in [0.3, 0.4) is 0 Å². The molecule has 0 aromatic rings. The Bertz CT molecular complexity index is 217. The van der Waals surface area contributed by atoms with Crippen LogP contribution in [0.25, 0.3) is 0 Å². The lowest BCUT2D eigenvalue weighted by Gasteiger charge is -2.23. The van der Waals surface area contributed by atoms with E-state index < -0.39 is 0 Å². The maximum Gasteiger partial charge on any atom is 0.306 e. The quantitative estimate of drug-likeness (QED) is 0.537. The third-order valence-corrected chi connectivity index (χ3v) is 4.50. The van der Waals surface area contributed by atoms with Crippen LogP contribution < -0.4 is 5.32 Å². The summed E-state index contributed by atoms with van der Waals surface area (Å²) in [5.74, 6) is 2.75. The highest BCUT2D eigenvalue weighted by Gasteiger charge is 2.23. The molecule has 0 aromatic carbocycles. The molecule has 0 radical (unpaired) electrons. The smallest absolute Gasteiger partial charge is 0.306 e. The molecule has 1 unspecified atom stereocenters. The molecule has 1 fully saturated rings. The number of carbonyl (C=O) groups is 1. The fourth-order valence-corrected chi connectivity index (χ4v) is 3.57. The Morgan fingerprint density at radius 2 is 2.18 bits per heavy atom. The van der Waals surface area contributed by atoms with E-state index in [-0.39, 0.29) is 5.97 Å². The number of nitrogens with one attached hydrogen (secondary N) is 1. The molecular formula is C13H25NO2S. The van der Waals surface area contributed by atoms with Gasteiger partial charge in [0.25, 0.3) is 0 Å². The van der Waals surface area contributed by atoms with E-state index >= 15 is 0 Å². The zero-order valence-corrected chi connectivity index (χ0v) is 11.9. The fourth-order valence-electron chi connectivity index (χ4n) is 2.45. The van der Waals surface area contributed by atoms with Crippen LogP contribution in [0, 0.1) is 5.92 Å². The highest BCUT2D eigenvalue weighted by Crippen LogP contribution is 2.29. The summed E-state index contributed by atoms with van der Waals surface area (Å²) in [5.41, 5.74) is 0. The van der Waals surface area contributed by atoms with E-state index in [0.717, 1.165) is 24.0 Å². The zero-order valence-electron chi connectivity index (χ0n) is 11.0. The van der Waals surface area contributed by atoms with E-state index in [0.29, 0.717) is 12.5 Å². The van der Waals surface area contributed by atoms with Crippen LogP contribution in [0.1, 0.15) is 39.0 Å². The van der Waals surface area contributed by atoms with Crippen LogP contribution in [0.5, 0.6) is 0 Å². The van der Waals surface area contributed by atoms with Crippen molar-refractivity contribution in [2.45, 2.75) is 45.1 Å². The summed E-state index contributed by atoms with van der Waals surface area (Å²) in [5, 5.41) is 3.59. The van der Waals surface area contributed by atoms with E-state index in [4.69, 9.17) is 0 Å². The van der Waals surface area contributed by atoms with Gasteiger partial charge in [0.1, 0.15) is 0 Å². The van der Waals surface area contributed by atoms with Crippen molar-refractivity contribution in [3.05, 3.63) is 0 Å². The molecule has 1 aliphatic rings. The van der Waals surface area contributed by atoms with Crippen molar-refractivity contribution >= 4 is 17.7 Å². The maximum atomic E-state index is 11.0. The van der Waals surface area contributed by atoms with Crippen LogP contribution in [0.15, 0.2) is 0 Å². The summed E-state index contributed by atoms with van der Waals surface area (Å²) in [7, 11) is 1.45. The predicted octanol–water partition coefficient (Wildman–Crippen LogP) is 2.45. The van der Waals surface area contributed by atoms with Crippen LogP contribution >= 0.6 is 11.8 Å². The molecular weight excluding hydrogens is 234 g/mol. The van der Waals surface area contributed by atoms with Gasteiger partial charge in [0, 0.05) is 17.5 Å². The molecule has 17 heavy (non-hydrogen) atoms. The highest BCUT2D eigenvalue weighted by molar-refractivity contribution is 7.99. The molecule has 1 rings (SSSR count). The molecule has 0 amide bonds. The molecule has 0 heterocycles. The molecule has 100 valence electrons. The van der Waals surface area contributed by atoms with Gasteiger partial charge in [-0.15, -0.1) is 0 Å². The van der Waals surface area contributed by atoms with Gasteiger partial charge in [-0.25, -0.2) is 0 Å². The third kappa shape index (κ3) is 5.77. The Hall–Kier alpha value is -0.220. The Kier molecular flexibility index (Phi) is 7.69. The van der Waals surface area contributed by atoms with Gasteiger partial charge in [-0.3, -0.25) is 4.79 Å². The second kappa shape index (κ2) is 8.81. The summed E-state index contributed by atoms with van der Waals surface area (Å²) < 4.78 is 4.64. The summed E-state index contributed by atoms with van der Waals surface area (Å²) >= 11 is 1.87. The number of thioether (sulfide) groups is 1. The minimum Gasteiger partial charge on any atom is -0.469 e. The number of hydrogen-bond donors (Lipinski definition) is 1. The average molecular weight is 259 g/mol. The van der Waals surface area contributed by atoms with Gasteiger partial charge < -0.3 is 10.1 Å². The molecule has 0 aliphatic heterocycles. The molecule has 1 N–H and O–H groups in total. The number of methoxy groups -OCH3 is 1. The number of esters is 1. The van der Waals surface area contributed by atoms with Crippen LogP contribution in [-0.4, -0.2) is 37.2 Å². The van der Waals surface area contributed by atoms with Crippen LogP contribution in [-0.2, 0) is 9.53 Å². The standard InChI is InChI=1S/C13H25NO2S/c1-3-14-12(11-6-4-5-7-11)10-17-9-8-13(15)16-2/h11-12,14H,3-10H2,1-2H3. The Morgan fingerprint density at radius 1 is 1.47 bits per heavy atom. The maximum absolute atomic E-state index is 11.0. The monoisotopic (exact) mass is 259 g/mol. The van der Waals surface area contributed by atoms with E-state index in [1.807, 2.05) is 11.8 Å². The van der Waals surface area contributed by atoms with Gasteiger partial charge in [-0.1, -0.05) is 19.8 Å². The number of rotatable bonds is 8. The Morgan fingerprint density at radius 3 is 2.76 bits per heavy atom. The lowest BCUT2D eigenvalue weighted by atomic mass is 10.00. The molecule has 1 atom stereocenters. The second-order valence-corrected chi connectivity index (χ2v) is 5.76. The minimum atomic E-state index is -0.0987. The zero-order chi connectivity index (χ0) is 12.5. The summed E-state index contributed by atoms with van der Waals surface area (Å²) in [6, 6.07) is 0.630. The van der Waals surface area contributed by atoms with Gasteiger partial charge in [0.15, 0.2) is 0 Å². The Balaban J connectivity index is 2.17. The molecule has 1 aliphatic carbocycles. The van der Waals surface area contributed by atoms with Crippen molar-refractivity contribution in [3.8, 4) is 0 Å². The van der Waals surface area contributed by atoms with E-state index in [9.17, 15) is 4.79 Å². The largest absolute Gasteiger partial charge is 0.469 e. The van der Waals surface area contributed by atoms with Gasteiger partial charge in [-0.05, 0) is 25.3 Å². The topological polar surface area (TPSA) is 38.3 Å². The van der Waals surface area contributed by atoms with Crippen molar-refractivity contribution in [1.29, 1.82) is 0 Å². The number of ether oxygens (including phenoxy) is 1. The van der Waals surface area contributed by atoms with Gasteiger partial charge in [0.05, 0.1) is 13.5 Å². The van der Waals surface area contributed by atoms with Gasteiger partial charge in [-0.2, -0.15) is 11.8 Å². The van der Waals surface area contributed by atoms with Crippen molar-refractivity contribution in [1.82, 2.24) is 5.32 Å². The van der Waals surface area contributed by atoms with Gasteiger partial charge in [0.2, 0.25) is 0 Å². The van der Waals surface area contributed by atoms with Crippen LogP contribution in [0.4, 0.5) is 0 Å². The first kappa shape index (κ1) is 14.8. The molecule has 0 bridgehead atoms. The third-order valence-electron chi connectivity index (χ3n) is 3.41. The molecule has 0 spiro atoms. The summed E-state index contributed by atoms with van der Waals surface area (Å²) in [6.45, 7) is 3.21. The van der Waals surface area contributed by atoms with E-state index in [1.54, 1.807) is 0 Å². The lowest BCUT2D eigenvalue weighted by Crippen LogP contribution is -2.37. The van der Waals surface area contributed by atoms with Crippen molar-refractivity contribution in [2.75, 3.05) is 25.2 Å². The first-order valence-corrected chi connectivity index (χ1v) is 7.81. The average Bonchev–Trinajstić information content (AvgIpc) is 2.86.